The molecule has 2 aliphatic heterocycles. The molecule has 0 aromatic heterocycles. The molecule has 1 fully saturated rings. The molecule has 1 N–H and O–H groups in total. The lowest BCUT2D eigenvalue weighted by atomic mass is 10.0. The van der Waals surface area contributed by atoms with Crippen molar-refractivity contribution in [2.45, 2.75) is 36.4 Å². The number of hydrogen-bond acceptors (Lipinski definition) is 4. The van der Waals surface area contributed by atoms with E-state index in [1.165, 1.54) is 0 Å². The Morgan fingerprint density at radius 1 is 1.39 bits per heavy atom. The van der Waals surface area contributed by atoms with Crippen LogP contribution < -0.4 is 5.32 Å². The van der Waals surface area contributed by atoms with Gasteiger partial charge in [-0.25, -0.2) is 0 Å². The van der Waals surface area contributed by atoms with Gasteiger partial charge in [0.2, 0.25) is 5.91 Å². The molecule has 0 bridgehead atoms. The zero-order chi connectivity index (χ0) is 16.6. The zero-order valence-corrected chi connectivity index (χ0v) is 14.5. The summed E-state index contributed by atoms with van der Waals surface area (Å²) in [6, 6.07) is 7.19. The number of methoxy groups -OCH3 is 1. The van der Waals surface area contributed by atoms with E-state index in [0.29, 0.717) is 13.2 Å². The van der Waals surface area contributed by atoms with Gasteiger partial charge in [-0.15, -0.1) is 11.8 Å². The molecule has 1 saturated heterocycles. The molecule has 1 aromatic carbocycles. The van der Waals surface area contributed by atoms with Gasteiger partial charge in [0, 0.05) is 30.6 Å². The van der Waals surface area contributed by atoms with Crippen LogP contribution in [0, 0.1) is 0 Å². The van der Waals surface area contributed by atoms with E-state index in [9.17, 15) is 9.59 Å². The highest BCUT2D eigenvalue weighted by molar-refractivity contribution is 8.01. The Hall–Kier alpha value is -1.53. The fourth-order valence-corrected chi connectivity index (χ4v) is 4.92. The average molecular weight is 334 g/mol. The molecule has 0 radical (unpaired) electrons. The molecule has 3 rings (SSSR count). The summed E-state index contributed by atoms with van der Waals surface area (Å²) >= 11 is 1.68. The maximum atomic E-state index is 12.8. The number of rotatable bonds is 5. The Balaban J connectivity index is 1.81. The molecule has 124 valence electrons. The van der Waals surface area contributed by atoms with E-state index in [1.807, 2.05) is 38.1 Å². The van der Waals surface area contributed by atoms with Gasteiger partial charge < -0.3 is 15.0 Å². The molecule has 0 aliphatic carbocycles. The molecule has 1 aromatic rings. The van der Waals surface area contributed by atoms with Crippen molar-refractivity contribution in [2.75, 3.05) is 20.3 Å². The quantitative estimate of drug-likeness (QED) is 0.839. The Morgan fingerprint density at radius 3 is 2.87 bits per heavy atom. The van der Waals surface area contributed by atoms with E-state index in [-0.39, 0.29) is 21.9 Å². The number of thioether (sulfide) groups is 1. The number of carbonyl (C=O) groups excluding carboxylic acids is 2. The van der Waals surface area contributed by atoms with Gasteiger partial charge in [0.05, 0.1) is 0 Å². The summed E-state index contributed by atoms with van der Waals surface area (Å²) in [7, 11) is 1.64. The lowest BCUT2D eigenvalue weighted by Crippen LogP contribution is -2.52. The second kappa shape index (κ2) is 6.17. The summed E-state index contributed by atoms with van der Waals surface area (Å²) < 4.78 is 4.68. The van der Waals surface area contributed by atoms with Crippen LogP contribution in [-0.4, -0.2) is 47.8 Å². The maximum absolute atomic E-state index is 12.8. The minimum absolute atomic E-state index is 0.0410. The average Bonchev–Trinajstić information content (AvgIpc) is 2.95. The second-order valence-electron chi connectivity index (χ2n) is 6.41. The van der Waals surface area contributed by atoms with Crippen LogP contribution in [0.5, 0.6) is 0 Å². The lowest BCUT2D eigenvalue weighted by molar-refractivity contribution is -0.126. The van der Waals surface area contributed by atoms with E-state index in [0.717, 1.165) is 17.5 Å². The summed E-state index contributed by atoms with van der Waals surface area (Å²) in [5.41, 5.74) is 1.74. The molecular weight excluding hydrogens is 312 g/mol. The zero-order valence-electron chi connectivity index (χ0n) is 13.7. The molecule has 2 amide bonds. The third-order valence-corrected chi connectivity index (χ3v) is 5.90. The summed E-state index contributed by atoms with van der Waals surface area (Å²) in [5.74, 6) is -0.122. The number of nitrogens with one attached hydrogen (secondary N) is 1. The summed E-state index contributed by atoms with van der Waals surface area (Å²) in [5, 5.41) is 2.88. The van der Waals surface area contributed by atoms with E-state index in [4.69, 9.17) is 4.74 Å². The van der Waals surface area contributed by atoms with E-state index in [2.05, 4.69) is 5.32 Å². The fraction of sp³-hybridized carbons (Fsp3) is 0.529. The van der Waals surface area contributed by atoms with Crippen molar-refractivity contribution < 1.29 is 14.3 Å². The number of ether oxygens (including phenoxy) is 1. The van der Waals surface area contributed by atoms with Crippen molar-refractivity contribution in [2.24, 2.45) is 0 Å². The van der Waals surface area contributed by atoms with Crippen molar-refractivity contribution >= 4 is 23.6 Å². The third kappa shape index (κ3) is 2.74. The molecule has 0 unspecified atom stereocenters. The molecule has 23 heavy (non-hydrogen) atoms. The van der Waals surface area contributed by atoms with Crippen LogP contribution in [0.1, 0.15) is 41.6 Å². The fourth-order valence-electron chi connectivity index (χ4n) is 3.33. The largest absolute Gasteiger partial charge is 0.385 e. The predicted molar refractivity (Wildman–Crippen MR) is 90.3 cm³/mol. The number of nitrogens with zero attached hydrogens (tertiary/aromatic N) is 1. The molecular formula is C17H22N2O3S. The Bertz CT molecular complexity index is 632. The van der Waals surface area contributed by atoms with Crippen LogP contribution in [0.4, 0.5) is 0 Å². The van der Waals surface area contributed by atoms with Gasteiger partial charge in [-0.1, -0.05) is 18.2 Å². The van der Waals surface area contributed by atoms with Crippen molar-refractivity contribution in [1.82, 2.24) is 10.2 Å². The van der Waals surface area contributed by atoms with Gasteiger partial charge in [-0.2, -0.15) is 0 Å². The van der Waals surface area contributed by atoms with E-state index >= 15 is 0 Å². The highest BCUT2D eigenvalue weighted by Gasteiger charge is 2.57. The Kier molecular flexibility index (Phi) is 4.38. The molecule has 2 heterocycles. The van der Waals surface area contributed by atoms with Crippen LogP contribution >= 0.6 is 11.8 Å². The van der Waals surface area contributed by atoms with Crippen molar-refractivity contribution in [3.63, 3.8) is 0 Å². The molecule has 6 heteroatoms. The highest BCUT2D eigenvalue weighted by atomic mass is 32.2. The van der Waals surface area contributed by atoms with Crippen LogP contribution in [0.15, 0.2) is 24.3 Å². The topological polar surface area (TPSA) is 58.6 Å². The number of benzene rings is 1. The van der Waals surface area contributed by atoms with E-state index < -0.39 is 6.04 Å². The molecule has 2 atom stereocenters. The SMILES string of the molecule is COCCCNC(=O)[C@@H]1N2C(=O)c3ccccc3[C@H]2SC1(C)C. The minimum atomic E-state index is -0.458. The number of amides is 2. The summed E-state index contributed by atoms with van der Waals surface area (Å²) in [4.78, 5) is 27.2. The standard InChI is InChI=1S/C17H22N2O3S/c1-17(2)13(14(20)18-9-6-10-22-3)19-15(21)11-7-4-5-8-12(11)16(19)23-17/h4-5,7-8,13,16H,6,9-10H2,1-3H3,(H,18,20)/t13-,16+/m0/s1. The lowest BCUT2D eigenvalue weighted by Gasteiger charge is -2.29. The molecule has 5 nitrogen and oxygen atoms in total. The van der Waals surface area contributed by atoms with E-state index in [1.54, 1.807) is 23.8 Å². The molecule has 0 spiro atoms. The Morgan fingerprint density at radius 2 is 2.13 bits per heavy atom. The Labute approximate surface area is 140 Å². The number of hydrogen-bond donors (Lipinski definition) is 1. The van der Waals surface area contributed by atoms with Gasteiger partial charge in [0.25, 0.3) is 5.91 Å². The smallest absolute Gasteiger partial charge is 0.256 e. The van der Waals surface area contributed by atoms with Gasteiger partial charge in [0.15, 0.2) is 0 Å². The van der Waals surface area contributed by atoms with Crippen LogP contribution in [0.25, 0.3) is 0 Å². The van der Waals surface area contributed by atoms with Crippen LogP contribution in [0.2, 0.25) is 0 Å². The summed E-state index contributed by atoms with van der Waals surface area (Å²) in [6.45, 7) is 5.24. The first-order valence-corrected chi connectivity index (χ1v) is 8.71. The second-order valence-corrected chi connectivity index (χ2v) is 8.15. The van der Waals surface area contributed by atoms with Gasteiger partial charge in [-0.05, 0) is 31.9 Å². The summed E-state index contributed by atoms with van der Waals surface area (Å²) in [6.07, 6.45) is 0.764. The molecule has 0 saturated carbocycles. The van der Waals surface area contributed by atoms with Crippen molar-refractivity contribution in [3.05, 3.63) is 35.4 Å². The normalized spacial score (nSPS) is 24.5. The monoisotopic (exact) mass is 334 g/mol. The predicted octanol–water partition coefficient (Wildman–Crippen LogP) is 2.19. The minimum Gasteiger partial charge on any atom is -0.385 e. The number of carbonyl (C=O) groups is 2. The van der Waals surface area contributed by atoms with Crippen molar-refractivity contribution in [3.8, 4) is 0 Å². The highest BCUT2D eigenvalue weighted by Crippen LogP contribution is 2.56. The van der Waals surface area contributed by atoms with Crippen LogP contribution in [0.3, 0.4) is 0 Å². The first kappa shape index (κ1) is 16.3. The van der Waals surface area contributed by atoms with Crippen molar-refractivity contribution in [1.29, 1.82) is 0 Å². The van der Waals surface area contributed by atoms with Crippen LogP contribution in [-0.2, 0) is 9.53 Å². The van der Waals surface area contributed by atoms with Gasteiger partial charge >= 0.3 is 0 Å². The van der Waals surface area contributed by atoms with Gasteiger partial charge in [-0.3, -0.25) is 9.59 Å². The van der Waals surface area contributed by atoms with Gasteiger partial charge in [0.1, 0.15) is 11.4 Å². The maximum Gasteiger partial charge on any atom is 0.256 e. The number of fused-ring (bicyclic) bond motifs is 3. The third-order valence-electron chi connectivity index (χ3n) is 4.37. The first-order valence-electron chi connectivity index (χ1n) is 7.83. The first-order chi connectivity index (χ1) is 11.0. The molecule has 2 aliphatic rings.